The summed E-state index contributed by atoms with van der Waals surface area (Å²) in [5, 5.41) is 3.06. The molecule has 1 aliphatic heterocycles. The summed E-state index contributed by atoms with van der Waals surface area (Å²) >= 11 is 0. The van der Waals surface area contributed by atoms with Crippen LogP contribution in [0.1, 0.15) is 12.0 Å². The predicted molar refractivity (Wildman–Crippen MR) is 50.5 cm³/mol. The van der Waals surface area contributed by atoms with Crippen LogP contribution < -0.4 is 5.32 Å². The second-order valence-electron chi connectivity index (χ2n) is 2.80. The van der Waals surface area contributed by atoms with E-state index in [1.165, 1.54) is 6.07 Å². The molecule has 1 nitrogen and oxygen atoms in total. The normalized spacial score (nSPS) is 14.1. The predicted octanol–water partition coefficient (Wildman–Crippen LogP) is 2.61. The van der Waals surface area contributed by atoms with Crippen molar-refractivity contribution in [1.82, 2.24) is 0 Å². The van der Waals surface area contributed by atoms with Crippen LogP contribution in [0.25, 0.3) is 0 Å². The van der Waals surface area contributed by atoms with E-state index in [0.29, 0.717) is 5.69 Å². The number of hydrogen-bond acceptors (Lipinski definition) is 1. The van der Waals surface area contributed by atoms with Gasteiger partial charge in [0.1, 0.15) is 5.82 Å². The van der Waals surface area contributed by atoms with Crippen molar-refractivity contribution in [3.8, 4) is 0 Å². The SMILES string of the molecule is Cl.Fc1cccc2c1NCCC2. The van der Waals surface area contributed by atoms with Gasteiger partial charge in [-0.25, -0.2) is 4.39 Å². The Bertz CT molecular complexity index is 275. The summed E-state index contributed by atoms with van der Waals surface area (Å²) in [6.45, 7) is 0.897. The molecule has 0 aliphatic carbocycles. The van der Waals surface area contributed by atoms with E-state index >= 15 is 0 Å². The van der Waals surface area contributed by atoms with Crippen LogP contribution in [0.5, 0.6) is 0 Å². The summed E-state index contributed by atoms with van der Waals surface area (Å²) in [4.78, 5) is 0. The van der Waals surface area contributed by atoms with Crippen molar-refractivity contribution in [2.75, 3.05) is 11.9 Å². The van der Waals surface area contributed by atoms with Crippen LogP contribution >= 0.6 is 12.4 Å². The van der Waals surface area contributed by atoms with Gasteiger partial charge in [-0.1, -0.05) is 12.1 Å². The van der Waals surface area contributed by atoms with E-state index in [1.54, 1.807) is 6.07 Å². The molecular formula is C9H11ClFN. The van der Waals surface area contributed by atoms with E-state index in [-0.39, 0.29) is 18.2 Å². The molecule has 0 unspecified atom stereocenters. The first-order chi connectivity index (χ1) is 5.38. The molecule has 12 heavy (non-hydrogen) atoms. The Balaban J connectivity index is 0.000000720. The first-order valence-corrected chi connectivity index (χ1v) is 3.89. The average molecular weight is 188 g/mol. The molecule has 0 atom stereocenters. The Hall–Kier alpha value is -0.760. The fourth-order valence-electron chi connectivity index (χ4n) is 1.47. The van der Waals surface area contributed by atoms with Crippen LogP contribution in [0, 0.1) is 5.82 Å². The highest BCUT2D eigenvalue weighted by Crippen LogP contribution is 2.24. The lowest BCUT2D eigenvalue weighted by molar-refractivity contribution is 0.623. The van der Waals surface area contributed by atoms with E-state index in [4.69, 9.17) is 0 Å². The third-order valence-corrected chi connectivity index (χ3v) is 2.02. The minimum atomic E-state index is -0.123. The van der Waals surface area contributed by atoms with Crippen LogP contribution in [-0.2, 0) is 6.42 Å². The van der Waals surface area contributed by atoms with Gasteiger partial charge < -0.3 is 5.32 Å². The average Bonchev–Trinajstić information content (AvgIpc) is 2.06. The maximum absolute atomic E-state index is 13.0. The van der Waals surface area contributed by atoms with Crippen molar-refractivity contribution in [1.29, 1.82) is 0 Å². The first-order valence-electron chi connectivity index (χ1n) is 3.89. The molecule has 0 saturated carbocycles. The number of aryl methyl sites for hydroxylation is 1. The Morgan fingerprint density at radius 3 is 2.92 bits per heavy atom. The minimum absolute atomic E-state index is 0. The number of rotatable bonds is 0. The molecule has 66 valence electrons. The molecule has 1 N–H and O–H groups in total. The van der Waals surface area contributed by atoms with Crippen LogP contribution in [0.2, 0.25) is 0 Å². The van der Waals surface area contributed by atoms with Crippen molar-refractivity contribution in [3.63, 3.8) is 0 Å². The highest BCUT2D eigenvalue weighted by molar-refractivity contribution is 5.85. The van der Waals surface area contributed by atoms with Crippen molar-refractivity contribution in [2.45, 2.75) is 12.8 Å². The molecule has 0 radical (unpaired) electrons. The monoisotopic (exact) mass is 187 g/mol. The molecule has 0 bridgehead atoms. The quantitative estimate of drug-likeness (QED) is 0.659. The zero-order valence-corrected chi connectivity index (χ0v) is 7.46. The molecule has 2 rings (SSSR count). The van der Waals surface area contributed by atoms with E-state index in [1.807, 2.05) is 6.07 Å². The number of anilines is 1. The molecule has 0 aromatic heterocycles. The van der Waals surface area contributed by atoms with Gasteiger partial charge in [0.2, 0.25) is 0 Å². The van der Waals surface area contributed by atoms with Gasteiger partial charge in [-0.3, -0.25) is 0 Å². The summed E-state index contributed by atoms with van der Waals surface area (Å²) in [5.41, 5.74) is 1.81. The number of nitrogens with one attached hydrogen (secondary N) is 1. The zero-order valence-electron chi connectivity index (χ0n) is 6.64. The summed E-state index contributed by atoms with van der Waals surface area (Å²) in [6.07, 6.45) is 2.11. The van der Waals surface area contributed by atoms with Crippen molar-refractivity contribution >= 4 is 18.1 Å². The van der Waals surface area contributed by atoms with E-state index < -0.39 is 0 Å². The molecule has 0 fully saturated rings. The fraction of sp³-hybridized carbons (Fsp3) is 0.333. The lowest BCUT2D eigenvalue weighted by atomic mass is 10.0. The number of halogens is 2. The van der Waals surface area contributed by atoms with Gasteiger partial charge in [-0.2, -0.15) is 0 Å². The second-order valence-corrected chi connectivity index (χ2v) is 2.80. The minimum Gasteiger partial charge on any atom is -0.382 e. The van der Waals surface area contributed by atoms with Crippen molar-refractivity contribution < 1.29 is 4.39 Å². The van der Waals surface area contributed by atoms with Crippen LogP contribution in [0.4, 0.5) is 10.1 Å². The number of hydrogen-bond donors (Lipinski definition) is 1. The van der Waals surface area contributed by atoms with E-state index in [2.05, 4.69) is 5.32 Å². The third-order valence-electron chi connectivity index (χ3n) is 2.02. The highest BCUT2D eigenvalue weighted by atomic mass is 35.5. The largest absolute Gasteiger partial charge is 0.382 e. The van der Waals surface area contributed by atoms with Gasteiger partial charge in [-0.15, -0.1) is 12.4 Å². The zero-order chi connectivity index (χ0) is 7.68. The Morgan fingerprint density at radius 2 is 2.17 bits per heavy atom. The maximum Gasteiger partial charge on any atom is 0.146 e. The Morgan fingerprint density at radius 1 is 1.33 bits per heavy atom. The third kappa shape index (κ3) is 1.53. The fourth-order valence-corrected chi connectivity index (χ4v) is 1.47. The summed E-state index contributed by atoms with van der Waals surface area (Å²) in [6, 6.07) is 5.24. The number of para-hydroxylation sites is 1. The van der Waals surface area contributed by atoms with Gasteiger partial charge in [0, 0.05) is 6.54 Å². The summed E-state index contributed by atoms with van der Waals surface area (Å²) in [7, 11) is 0. The standard InChI is InChI=1S/C9H10FN.ClH/c10-8-5-1-3-7-4-2-6-11-9(7)8;/h1,3,5,11H,2,4,6H2;1H. The maximum atomic E-state index is 13.0. The second kappa shape index (κ2) is 3.76. The lowest BCUT2D eigenvalue weighted by Crippen LogP contribution is -2.12. The van der Waals surface area contributed by atoms with Gasteiger partial charge in [-0.05, 0) is 24.5 Å². The Labute approximate surface area is 77.4 Å². The molecule has 1 aromatic carbocycles. The van der Waals surface area contributed by atoms with Crippen LogP contribution in [0.15, 0.2) is 18.2 Å². The van der Waals surface area contributed by atoms with E-state index in [0.717, 1.165) is 24.9 Å². The first kappa shape index (κ1) is 9.33. The summed E-state index contributed by atoms with van der Waals surface area (Å²) < 4.78 is 13.0. The van der Waals surface area contributed by atoms with Gasteiger partial charge in [0.25, 0.3) is 0 Å². The number of fused-ring (bicyclic) bond motifs is 1. The molecule has 0 amide bonds. The van der Waals surface area contributed by atoms with Gasteiger partial charge in [0.05, 0.1) is 5.69 Å². The van der Waals surface area contributed by atoms with Crippen LogP contribution in [-0.4, -0.2) is 6.54 Å². The molecular weight excluding hydrogens is 177 g/mol. The van der Waals surface area contributed by atoms with Gasteiger partial charge >= 0.3 is 0 Å². The molecule has 1 heterocycles. The van der Waals surface area contributed by atoms with Crippen LogP contribution in [0.3, 0.4) is 0 Å². The molecule has 0 spiro atoms. The van der Waals surface area contributed by atoms with E-state index in [9.17, 15) is 4.39 Å². The number of benzene rings is 1. The molecule has 3 heteroatoms. The lowest BCUT2D eigenvalue weighted by Gasteiger charge is -2.17. The highest BCUT2D eigenvalue weighted by Gasteiger charge is 2.10. The summed E-state index contributed by atoms with van der Waals surface area (Å²) in [5.74, 6) is -0.123. The molecule has 1 aromatic rings. The molecule has 0 saturated heterocycles. The van der Waals surface area contributed by atoms with Gasteiger partial charge in [0.15, 0.2) is 0 Å². The molecule has 1 aliphatic rings. The smallest absolute Gasteiger partial charge is 0.146 e. The van der Waals surface area contributed by atoms with Crippen molar-refractivity contribution in [2.24, 2.45) is 0 Å². The Kier molecular flexibility index (Phi) is 2.93. The van der Waals surface area contributed by atoms with Crippen molar-refractivity contribution in [3.05, 3.63) is 29.6 Å². The topological polar surface area (TPSA) is 12.0 Å².